The Balaban J connectivity index is 2.36. The molecule has 2 heterocycles. The molecule has 1 aliphatic rings. The number of aliphatic hydroxyl groups is 1. The number of nitrogens with zero attached hydrogens (tertiary/aromatic N) is 1. The molecule has 1 aromatic rings. The molecule has 0 saturated carbocycles. The molecule has 2 rings (SSSR count). The fourth-order valence-corrected chi connectivity index (χ4v) is 6.10. The maximum Gasteiger partial charge on any atom is 0.490 e. The normalized spacial score (nSPS) is 29.5. The smallest absolute Gasteiger partial charge is 0.386 e. The van der Waals surface area contributed by atoms with E-state index >= 15 is 4.39 Å². The van der Waals surface area contributed by atoms with Gasteiger partial charge >= 0.3 is 29.2 Å². The van der Waals surface area contributed by atoms with E-state index in [0.717, 1.165) is 6.92 Å². The van der Waals surface area contributed by atoms with E-state index in [2.05, 4.69) is 13.1 Å². The van der Waals surface area contributed by atoms with E-state index in [0.29, 0.717) is 0 Å². The molecule has 192 valence electrons. The lowest BCUT2D eigenvalue weighted by Crippen LogP contribution is -2.46. The third-order valence-electron chi connectivity index (χ3n) is 3.98. The summed E-state index contributed by atoms with van der Waals surface area (Å²) in [7, 11) is -17.3. The summed E-state index contributed by atoms with van der Waals surface area (Å²) in [5.74, 6) is 0.116. The van der Waals surface area contributed by atoms with Crippen molar-refractivity contribution in [3.8, 4) is 11.3 Å². The van der Waals surface area contributed by atoms with E-state index in [1.165, 1.54) is 4.98 Å². The lowest BCUT2D eigenvalue weighted by atomic mass is 9.95. The van der Waals surface area contributed by atoms with Crippen molar-refractivity contribution in [3.05, 3.63) is 32.9 Å². The highest BCUT2D eigenvalue weighted by atomic mass is 35.5. The molecule has 0 bridgehead atoms. The Kier molecular flexibility index (Phi) is 8.51. The Morgan fingerprint density at radius 2 is 1.82 bits per heavy atom. The number of aliphatic hydroxyl groups excluding tert-OH is 1. The van der Waals surface area contributed by atoms with Crippen molar-refractivity contribution in [1.29, 1.82) is 0 Å². The molecule has 7 atom stereocenters. The maximum atomic E-state index is 15.6. The van der Waals surface area contributed by atoms with Crippen LogP contribution in [0.25, 0.3) is 0 Å². The van der Waals surface area contributed by atoms with Crippen LogP contribution in [0.5, 0.6) is 0 Å². The second-order valence-electron chi connectivity index (χ2n) is 6.43. The zero-order valence-corrected chi connectivity index (χ0v) is 19.7. The average molecular weight is 577 g/mol. The first kappa shape index (κ1) is 29.0. The highest BCUT2D eigenvalue weighted by molar-refractivity contribution is 7.66. The van der Waals surface area contributed by atoms with E-state index in [4.69, 9.17) is 31.0 Å². The fraction of sp³-hybridized carbons (Fsp3) is 0.500. The summed E-state index contributed by atoms with van der Waals surface area (Å²) in [4.78, 5) is 60.5. The van der Waals surface area contributed by atoms with Crippen LogP contribution in [0.3, 0.4) is 0 Å². The molecule has 1 aliphatic heterocycles. The second kappa shape index (κ2) is 10.00. The molecule has 16 nitrogen and oxygen atoms in total. The molecular formula is C12H14ClF2N2O14P3. The Labute approximate surface area is 191 Å². The van der Waals surface area contributed by atoms with Crippen LogP contribution in [0.2, 0.25) is 0 Å². The third-order valence-corrected chi connectivity index (χ3v) is 8.00. The zero-order valence-electron chi connectivity index (χ0n) is 16.2. The number of phosphoric acid groups is 3. The van der Waals surface area contributed by atoms with Gasteiger partial charge in [0.05, 0.1) is 12.3 Å². The third kappa shape index (κ3) is 6.68. The SMILES string of the molecule is C[C@H](OP(=O)(O)OP(=O)(O)OP(=O)(O)O)[C@H]1O[C@@H](n2cc(F)c(=O)[nH]c2=O)C(F)(C#CCl)[C@H]1O. The molecular weight excluding hydrogens is 563 g/mol. The van der Waals surface area contributed by atoms with Crippen LogP contribution < -0.4 is 11.2 Å². The van der Waals surface area contributed by atoms with Gasteiger partial charge < -0.3 is 29.4 Å². The number of nitrogens with one attached hydrogen (secondary N) is 1. The van der Waals surface area contributed by atoms with Gasteiger partial charge in [0.2, 0.25) is 11.5 Å². The maximum absolute atomic E-state index is 15.6. The van der Waals surface area contributed by atoms with Crippen LogP contribution in [0.4, 0.5) is 8.78 Å². The number of halogens is 3. The van der Waals surface area contributed by atoms with Gasteiger partial charge in [0, 0.05) is 5.38 Å². The summed E-state index contributed by atoms with van der Waals surface area (Å²) in [6, 6.07) is 0. The minimum Gasteiger partial charge on any atom is -0.386 e. The Bertz CT molecular complexity index is 1270. The highest BCUT2D eigenvalue weighted by Crippen LogP contribution is 2.66. The molecule has 34 heavy (non-hydrogen) atoms. The van der Waals surface area contributed by atoms with Crippen LogP contribution in [0.15, 0.2) is 15.8 Å². The number of H-pyrrole nitrogens is 1. The summed E-state index contributed by atoms with van der Waals surface area (Å²) in [5.41, 5.74) is -6.19. The lowest BCUT2D eigenvalue weighted by molar-refractivity contribution is -0.0783. The molecule has 1 aromatic heterocycles. The highest BCUT2D eigenvalue weighted by Gasteiger charge is 2.60. The summed E-state index contributed by atoms with van der Waals surface area (Å²) in [6.07, 6.45) is -8.55. The van der Waals surface area contributed by atoms with Crippen molar-refractivity contribution < 1.29 is 65.0 Å². The fourth-order valence-electron chi connectivity index (χ4n) is 2.75. The van der Waals surface area contributed by atoms with Gasteiger partial charge in [-0.15, -0.1) is 0 Å². The molecule has 6 N–H and O–H groups in total. The average Bonchev–Trinajstić information content (AvgIpc) is 2.86. The molecule has 0 aliphatic carbocycles. The number of phosphoric ester groups is 1. The standard InChI is InChI=1S/C12H14ClF2N2O14P3/c1-5(29-33(24,25)31-34(26,27)30-32(21,22)23)7-8(18)12(15,2-3-13)10(28-7)17-4-6(14)9(19)16-11(17)20/h4-5,7-8,10,18H,1H3,(H,24,25)(H,26,27)(H,16,19,20)(H2,21,22,23)/t5-,7+,8-,10+,12?/m0/s1. The van der Waals surface area contributed by atoms with Gasteiger partial charge in [-0.25, -0.2) is 22.9 Å². The number of hydrogen-bond acceptors (Lipinski definition) is 10. The quantitative estimate of drug-likeness (QED) is 0.170. The van der Waals surface area contributed by atoms with E-state index < -0.39 is 70.7 Å². The van der Waals surface area contributed by atoms with E-state index in [-0.39, 0.29) is 10.8 Å². The van der Waals surface area contributed by atoms with Crippen molar-refractivity contribution in [2.45, 2.75) is 37.1 Å². The number of aromatic nitrogens is 2. The number of hydrogen-bond donors (Lipinski definition) is 6. The second-order valence-corrected chi connectivity index (χ2v) is 11.0. The summed E-state index contributed by atoms with van der Waals surface area (Å²) in [6.45, 7) is 0.833. The first-order chi connectivity index (χ1) is 15.3. The molecule has 0 spiro atoms. The van der Waals surface area contributed by atoms with Crippen LogP contribution in [-0.2, 0) is 31.6 Å². The summed E-state index contributed by atoms with van der Waals surface area (Å²) in [5, 5.41) is 12.0. The Morgan fingerprint density at radius 1 is 1.24 bits per heavy atom. The monoisotopic (exact) mass is 576 g/mol. The van der Waals surface area contributed by atoms with Crippen LogP contribution in [0.1, 0.15) is 13.2 Å². The molecule has 0 amide bonds. The van der Waals surface area contributed by atoms with Crippen LogP contribution in [0, 0.1) is 17.1 Å². The van der Waals surface area contributed by atoms with Crippen LogP contribution in [-0.4, -0.2) is 58.2 Å². The molecule has 0 radical (unpaired) electrons. The van der Waals surface area contributed by atoms with Gasteiger partial charge in [-0.3, -0.25) is 18.9 Å². The van der Waals surface area contributed by atoms with Crippen molar-refractivity contribution in [3.63, 3.8) is 0 Å². The van der Waals surface area contributed by atoms with Crippen molar-refractivity contribution in [2.75, 3.05) is 0 Å². The minimum absolute atomic E-state index is 0.152. The van der Waals surface area contributed by atoms with Crippen LogP contribution >= 0.6 is 35.1 Å². The first-order valence-corrected chi connectivity index (χ1v) is 13.2. The van der Waals surface area contributed by atoms with E-state index in [9.17, 15) is 37.7 Å². The van der Waals surface area contributed by atoms with Gasteiger partial charge in [0.1, 0.15) is 12.2 Å². The van der Waals surface area contributed by atoms with Crippen molar-refractivity contribution in [2.24, 2.45) is 0 Å². The largest absolute Gasteiger partial charge is 0.490 e. The van der Waals surface area contributed by atoms with Gasteiger partial charge in [-0.2, -0.15) is 13.0 Å². The first-order valence-electron chi connectivity index (χ1n) is 8.30. The number of ether oxygens (including phenoxy) is 1. The zero-order chi connectivity index (χ0) is 26.3. The molecule has 3 unspecified atom stereocenters. The van der Waals surface area contributed by atoms with E-state index in [1.54, 1.807) is 11.3 Å². The number of alkyl halides is 1. The molecule has 22 heteroatoms. The van der Waals surface area contributed by atoms with Crippen molar-refractivity contribution in [1.82, 2.24) is 9.55 Å². The summed E-state index contributed by atoms with van der Waals surface area (Å²) < 4.78 is 80.0. The predicted molar refractivity (Wildman–Crippen MR) is 103 cm³/mol. The van der Waals surface area contributed by atoms with Crippen molar-refractivity contribution >= 4 is 35.1 Å². The predicted octanol–water partition coefficient (Wildman–Crippen LogP) is -0.426. The van der Waals surface area contributed by atoms with Gasteiger partial charge in [0.15, 0.2) is 6.23 Å². The van der Waals surface area contributed by atoms with E-state index in [1.807, 2.05) is 0 Å². The number of rotatable bonds is 8. The topological polar surface area (TPSA) is 244 Å². The van der Waals surface area contributed by atoms with Gasteiger partial charge in [-0.05, 0) is 24.4 Å². The molecule has 0 aromatic carbocycles. The number of aromatic amines is 1. The lowest BCUT2D eigenvalue weighted by Gasteiger charge is -2.25. The van der Waals surface area contributed by atoms with Gasteiger partial charge in [-0.1, -0.05) is 0 Å². The van der Waals surface area contributed by atoms with Gasteiger partial charge in [0.25, 0.3) is 5.56 Å². The summed E-state index contributed by atoms with van der Waals surface area (Å²) >= 11 is 5.19. The Morgan fingerprint density at radius 3 is 2.35 bits per heavy atom. The minimum atomic E-state index is -5.89. The Hall–Kier alpha value is -1.28. The molecule has 1 fully saturated rings. The molecule has 1 saturated heterocycles.